The van der Waals surface area contributed by atoms with E-state index < -0.39 is 12.2 Å². The Bertz CT molecular complexity index is 443. The molecule has 7 nitrogen and oxygen atoms in total. The van der Waals surface area contributed by atoms with Crippen molar-refractivity contribution in [3.8, 4) is 5.88 Å². The number of aryl methyl sites for hydroxylation is 1. The molecule has 0 spiro atoms. The fraction of sp³-hybridized carbons (Fsp3) is 0.222. The van der Waals surface area contributed by atoms with E-state index in [1.165, 1.54) is 6.08 Å². The van der Waals surface area contributed by atoms with Crippen LogP contribution in [0.2, 0.25) is 0 Å². The maximum Gasteiger partial charge on any atom is 0.512 e. The van der Waals surface area contributed by atoms with Gasteiger partial charge in [-0.2, -0.15) is 4.98 Å². The Morgan fingerprint density at radius 2 is 2.35 bits per heavy atom. The normalized spacial score (nSPS) is 9.47. The van der Waals surface area contributed by atoms with Gasteiger partial charge in [0.2, 0.25) is 5.88 Å². The lowest BCUT2D eigenvalue weighted by Crippen LogP contribution is -2.13. The molecule has 0 aliphatic carbocycles. The zero-order valence-corrected chi connectivity index (χ0v) is 9.74. The highest BCUT2D eigenvalue weighted by Gasteiger charge is 2.14. The van der Waals surface area contributed by atoms with Crippen molar-refractivity contribution < 1.29 is 24.2 Å². The van der Waals surface area contributed by atoms with E-state index in [9.17, 15) is 9.59 Å². The van der Waals surface area contributed by atoms with Crippen LogP contribution < -0.4 is 10.1 Å². The van der Waals surface area contributed by atoms with Gasteiger partial charge in [-0.3, -0.25) is 5.32 Å². The summed E-state index contributed by atoms with van der Waals surface area (Å²) in [7, 11) is 0. The molecule has 1 aromatic heterocycles. The van der Waals surface area contributed by atoms with Crippen molar-refractivity contribution in [1.29, 1.82) is 0 Å². The van der Waals surface area contributed by atoms with E-state index in [4.69, 9.17) is 5.11 Å². The summed E-state index contributed by atoms with van der Waals surface area (Å²) in [6.45, 7) is 5.09. The number of nitrogens with one attached hydrogen (secondary N) is 1. The Hall–Kier alpha value is -2.09. The molecule has 0 aromatic carbocycles. The lowest BCUT2D eigenvalue weighted by atomic mass is 10.6. The molecule has 0 radical (unpaired) electrons. The highest BCUT2D eigenvalue weighted by Crippen LogP contribution is 2.27. The molecule has 1 heterocycles. The fourth-order valence-electron chi connectivity index (χ4n) is 0.871. The molecule has 1 aromatic rings. The lowest BCUT2D eigenvalue weighted by Gasteiger charge is -2.00. The maximum atomic E-state index is 11.1. The number of carbonyl (C=O) groups excluding carboxylic acids is 1. The van der Waals surface area contributed by atoms with Crippen LogP contribution in [-0.4, -0.2) is 28.9 Å². The number of rotatable bonds is 4. The summed E-state index contributed by atoms with van der Waals surface area (Å²) >= 11 is 1.08. The SMILES string of the molecule is C=CCOC(=O)Nc1nc(OC(=O)O)c(C)s1. The number of anilines is 1. The average molecular weight is 258 g/mol. The Morgan fingerprint density at radius 3 is 2.94 bits per heavy atom. The van der Waals surface area contributed by atoms with Crippen LogP contribution in [0.15, 0.2) is 12.7 Å². The molecule has 92 valence electrons. The molecule has 0 bridgehead atoms. The highest BCUT2D eigenvalue weighted by molar-refractivity contribution is 7.16. The fourth-order valence-corrected chi connectivity index (χ4v) is 1.60. The standard InChI is InChI=1S/C9H10N2O5S/c1-3-4-15-8(12)11-7-10-6(5(2)17-7)16-9(13)14/h3H,1,4H2,2H3,(H,13,14)(H,10,11,12). The minimum atomic E-state index is -1.46. The van der Waals surface area contributed by atoms with Gasteiger partial charge < -0.3 is 14.6 Å². The van der Waals surface area contributed by atoms with E-state index in [0.717, 1.165) is 11.3 Å². The van der Waals surface area contributed by atoms with E-state index in [2.05, 4.69) is 26.4 Å². The van der Waals surface area contributed by atoms with Crippen molar-refractivity contribution in [2.24, 2.45) is 0 Å². The van der Waals surface area contributed by atoms with Gasteiger partial charge in [-0.15, -0.1) is 0 Å². The van der Waals surface area contributed by atoms with Crippen molar-refractivity contribution in [2.45, 2.75) is 6.92 Å². The van der Waals surface area contributed by atoms with Gasteiger partial charge in [0.05, 0.1) is 4.88 Å². The van der Waals surface area contributed by atoms with Crippen LogP contribution in [0.5, 0.6) is 5.88 Å². The van der Waals surface area contributed by atoms with Crippen LogP contribution in [0.3, 0.4) is 0 Å². The first-order chi connectivity index (χ1) is 8.02. The van der Waals surface area contributed by atoms with Crippen LogP contribution in [-0.2, 0) is 4.74 Å². The molecule has 0 fully saturated rings. The minimum Gasteiger partial charge on any atom is -0.449 e. The molecule has 0 saturated carbocycles. The molecule has 0 aliphatic rings. The summed E-state index contributed by atoms with van der Waals surface area (Å²) < 4.78 is 9.06. The lowest BCUT2D eigenvalue weighted by molar-refractivity contribution is 0.142. The van der Waals surface area contributed by atoms with Crippen molar-refractivity contribution >= 4 is 28.7 Å². The Labute approximate surface area is 101 Å². The zero-order valence-electron chi connectivity index (χ0n) is 8.93. The summed E-state index contributed by atoms with van der Waals surface area (Å²) in [5, 5.41) is 11.0. The number of carbonyl (C=O) groups is 2. The molecule has 1 rings (SSSR count). The first-order valence-electron chi connectivity index (χ1n) is 4.45. The summed E-state index contributed by atoms with van der Waals surface area (Å²) in [5.41, 5.74) is 0. The predicted octanol–water partition coefficient (Wildman–Crippen LogP) is 2.24. The Morgan fingerprint density at radius 1 is 1.65 bits per heavy atom. The largest absolute Gasteiger partial charge is 0.512 e. The minimum absolute atomic E-state index is 0.0541. The number of ether oxygens (including phenoxy) is 2. The third-order valence-electron chi connectivity index (χ3n) is 1.48. The van der Waals surface area contributed by atoms with Crippen LogP contribution in [0.4, 0.5) is 14.7 Å². The number of nitrogens with zero attached hydrogens (tertiary/aromatic N) is 1. The molecule has 17 heavy (non-hydrogen) atoms. The summed E-state index contributed by atoms with van der Waals surface area (Å²) in [6, 6.07) is 0. The van der Waals surface area contributed by atoms with Crippen LogP contribution >= 0.6 is 11.3 Å². The van der Waals surface area contributed by atoms with E-state index in [0.29, 0.717) is 4.88 Å². The number of amides is 1. The third-order valence-corrected chi connectivity index (χ3v) is 2.35. The van der Waals surface area contributed by atoms with Crippen molar-refractivity contribution in [1.82, 2.24) is 4.98 Å². The van der Waals surface area contributed by atoms with E-state index in [1.807, 2.05) is 0 Å². The number of hydrogen-bond acceptors (Lipinski definition) is 6. The zero-order chi connectivity index (χ0) is 12.8. The highest BCUT2D eigenvalue weighted by atomic mass is 32.1. The second-order valence-corrected chi connectivity index (χ2v) is 3.96. The second-order valence-electron chi connectivity index (χ2n) is 2.76. The molecular weight excluding hydrogens is 248 g/mol. The molecule has 8 heteroatoms. The quantitative estimate of drug-likeness (QED) is 0.635. The van der Waals surface area contributed by atoms with E-state index in [1.54, 1.807) is 6.92 Å². The predicted molar refractivity (Wildman–Crippen MR) is 60.7 cm³/mol. The van der Waals surface area contributed by atoms with E-state index >= 15 is 0 Å². The van der Waals surface area contributed by atoms with E-state index in [-0.39, 0.29) is 17.6 Å². The number of hydrogen-bond donors (Lipinski definition) is 2. The molecule has 0 atom stereocenters. The number of carboxylic acid groups (broad SMARTS) is 1. The van der Waals surface area contributed by atoms with Crippen LogP contribution in [0.1, 0.15) is 4.88 Å². The van der Waals surface area contributed by atoms with Gasteiger partial charge in [-0.05, 0) is 6.92 Å². The van der Waals surface area contributed by atoms with Gasteiger partial charge in [-0.1, -0.05) is 24.0 Å². The van der Waals surface area contributed by atoms with Crippen molar-refractivity contribution in [3.63, 3.8) is 0 Å². The first kappa shape index (κ1) is 13.0. The van der Waals surface area contributed by atoms with Gasteiger partial charge in [-0.25, -0.2) is 9.59 Å². The van der Waals surface area contributed by atoms with Gasteiger partial charge in [0.25, 0.3) is 0 Å². The Balaban J connectivity index is 2.63. The molecule has 0 unspecified atom stereocenters. The summed E-state index contributed by atoms with van der Waals surface area (Å²) in [4.78, 5) is 25.8. The number of aromatic nitrogens is 1. The van der Waals surface area contributed by atoms with Crippen molar-refractivity contribution in [2.75, 3.05) is 11.9 Å². The Kier molecular flexibility index (Phi) is 4.46. The van der Waals surface area contributed by atoms with Gasteiger partial charge >= 0.3 is 12.2 Å². The molecule has 1 amide bonds. The first-order valence-corrected chi connectivity index (χ1v) is 5.27. The molecular formula is C9H10N2O5S. The van der Waals surface area contributed by atoms with Crippen LogP contribution in [0, 0.1) is 6.92 Å². The summed E-state index contributed by atoms with van der Waals surface area (Å²) in [6.07, 6.45) is -0.731. The topological polar surface area (TPSA) is 97.8 Å². The monoisotopic (exact) mass is 258 g/mol. The maximum absolute atomic E-state index is 11.1. The van der Waals surface area contributed by atoms with Crippen LogP contribution in [0.25, 0.3) is 0 Å². The number of thiazole rings is 1. The summed E-state index contributed by atoms with van der Waals surface area (Å²) in [5.74, 6) is -0.0541. The second kappa shape index (κ2) is 5.85. The van der Waals surface area contributed by atoms with Gasteiger partial charge in [0, 0.05) is 0 Å². The van der Waals surface area contributed by atoms with Gasteiger partial charge in [0.1, 0.15) is 6.61 Å². The van der Waals surface area contributed by atoms with Gasteiger partial charge in [0.15, 0.2) is 5.13 Å². The smallest absolute Gasteiger partial charge is 0.449 e. The molecule has 0 saturated heterocycles. The van der Waals surface area contributed by atoms with Crippen molar-refractivity contribution in [3.05, 3.63) is 17.5 Å². The third kappa shape index (κ3) is 4.11. The average Bonchev–Trinajstić information content (AvgIpc) is 2.55. The molecule has 2 N–H and O–H groups in total. The molecule has 0 aliphatic heterocycles.